The van der Waals surface area contributed by atoms with Crippen LogP contribution in [0.3, 0.4) is 0 Å². The van der Waals surface area contributed by atoms with Gasteiger partial charge >= 0.3 is 0 Å². The zero-order valence-corrected chi connectivity index (χ0v) is 14.2. The van der Waals surface area contributed by atoms with Crippen molar-refractivity contribution < 1.29 is 4.39 Å². The van der Waals surface area contributed by atoms with Crippen molar-refractivity contribution in [3.05, 3.63) is 34.7 Å². The molecule has 0 amide bonds. The minimum atomic E-state index is -1.01. The molecule has 3 nitrogen and oxygen atoms in total. The molecule has 0 aliphatic carbocycles. The minimum Gasteiger partial charge on any atom is -0.390 e. The van der Waals surface area contributed by atoms with Gasteiger partial charge in [0.2, 0.25) is 0 Å². The van der Waals surface area contributed by atoms with Gasteiger partial charge < -0.3 is 11.1 Å². The van der Waals surface area contributed by atoms with E-state index in [0.29, 0.717) is 18.1 Å². The Labute approximate surface area is 137 Å². The van der Waals surface area contributed by atoms with Crippen molar-refractivity contribution in [2.24, 2.45) is 0 Å². The van der Waals surface area contributed by atoms with Gasteiger partial charge in [-0.1, -0.05) is 26.0 Å². The third kappa shape index (κ3) is 2.51. The first-order valence-corrected chi connectivity index (χ1v) is 8.99. The van der Waals surface area contributed by atoms with Gasteiger partial charge in [0.25, 0.3) is 0 Å². The molecular formula is C16H18FN3S2. The summed E-state index contributed by atoms with van der Waals surface area (Å²) in [5, 5.41) is 4.56. The van der Waals surface area contributed by atoms with E-state index in [9.17, 15) is 4.39 Å². The smallest absolute Gasteiger partial charge is 0.139 e. The molecule has 116 valence electrons. The van der Waals surface area contributed by atoms with Crippen molar-refractivity contribution in [3.8, 4) is 10.6 Å². The average Bonchev–Trinajstić information content (AvgIpc) is 3.09. The van der Waals surface area contributed by atoms with Crippen LogP contribution in [0, 0.1) is 0 Å². The van der Waals surface area contributed by atoms with Gasteiger partial charge in [-0.25, -0.2) is 9.37 Å². The Kier molecular flexibility index (Phi) is 4.42. The molecule has 0 fully saturated rings. The highest BCUT2D eigenvalue weighted by atomic mass is 32.1. The van der Waals surface area contributed by atoms with E-state index in [4.69, 9.17) is 5.73 Å². The summed E-state index contributed by atoms with van der Waals surface area (Å²) in [5.74, 6) is 0. The maximum Gasteiger partial charge on any atom is 0.139 e. The molecule has 0 radical (unpaired) electrons. The van der Waals surface area contributed by atoms with E-state index in [0.717, 1.165) is 31.2 Å². The number of aromatic nitrogens is 1. The van der Waals surface area contributed by atoms with Gasteiger partial charge in [0.15, 0.2) is 0 Å². The number of thiazole rings is 1. The largest absolute Gasteiger partial charge is 0.390 e. The van der Waals surface area contributed by atoms with Crippen molar-refractivity contribution in [2.45, 2.75) is 26.6 Å². The van der Waals surface area contributed by atoms with Crippen LogP contribution >= 0.6 is 22.7 Å². The number of fused-ring (bicyclic) bond motifs is 2. The Morgan fingerprint density at radius 3 is 2.82 bits per heavy atom. The molecule has 1 atom stereocenters. The van der Waals surface area contributed by atoms with Crippen LogP contribution in [0.2, 0.25) is 0 Å². The zero-order chi connectivity index (χ0) is 15.7. The Balaban J connectivity index is 0.000000693. The van der Waals surface area contributed by atoms with Gasteiger partial charge in [0.05, 0.1) is 20.8 Å². The number of anilines is 1. The van der Waals surface area contributed by atoms with Crippen LogP contribution in [0.25, 0.3) is 20.8 Å². The summed E-state index contributed by atoms with van der Waals surface area (Å²) in [6, 6.07) is 7.94. The number of para-hydroxylation sites is 1. The number of hydrogen-bond donors (Lipinski definition) is 2. The van der Waals surface area contributed by atoms with Gasteiger partial charge in [0, 0.05) is 23.5 Å². The van der Waals surface area contributed by atoms with Crippen molar-refractivity contribution in [1.29, 1.82) is 0 Å². The number of hydrogen-bond acceptors (Lipinski definition) is 5. The first kappa shape index (κ1) is 15.4. The van der Waals surface area contributed by atoms with Crippen LogP contribution in [0.5, 0.6) is 0 Å². The molecule has 4 rings (SSSR count). The fourth-order valence-electron chi connectivity index (χ4n) is 2.59. The van der Waals surface area contributed by atoms with Crippen LogP contribution in [0.1, 0.15) is 30.5 Å². The normalized spacial score (nSPS) is 17.0. The second-order valence-electron chi connectivity index (χ2n) is 4.76. The van der Waals surface area contributed by atoms with E-state index in [1.165, 1.54) is 11.3 Å². The van der Waals surface area contributed by atoms with Crippen LogP contribution < -0.4 is 11.1 Å². The van der Waals surface area contributed by atoms with Gasteiger partial charge in [-0.2, -0.15) is 0 Å². The zero-order valence-electron chi connectivity index (χ0n) is 12.5. The first-order valence-electron chi connectivity index (χ1n) is 7.36. The van der Waals surface area contributed by atoms with E-state index in [2.05, 4.69) is 10.3 Å². The summed E-state index contributed by atoms with van der Waals surface area (Å²) in [6.45, 7) is 5.04. The Bertz CT molecular complexity index is 761. The number of nitrogen functional groups attached to an aromatic ring is 1. The highest BCUT2D eigenvalue weighted by molar-refractivity contribution is 7.22. The second-order valence-corrected chi connectivity index (χ2v) is 6.93. The molecule has 3 aromatic rings. The molecule has 1 unspecified atom stereocenters. The van der Waals surface area contributed by atoms with E-state index in [1.54, 1.807) is 11.3 Å². The van der Waals surface area contributed by atoms with Crippen LogP contribution in [-0.2, 0) is 6.54 Å². The lowest BCUT2D eigenvalue weighted by molar-refractivity contribution is 0.313. The average molecular weight is 335 g/mol. The Morgan fingerprint density at radius 2 is 2.05 bits per heavy atom. The SMILES string of the molecule is CC.Nc1sc2c(c1-c1nc3ccccc3s1)C(F)CNC2. The van der Waals surface area contributed by atoms with Gasteiger partial charge in [0.1, 0.15) is 11.2 Å². The number of alkyl halides is 1. The topological polar surface area (TPSA) is 50.9 Å². The molecule has 0 spiro atoms. The molecule has 3 heterocycles. The first-order chi connectivity index (χ1) is 10.7. The van der Waals surface area contributed by atoms with Crippen molar-refractivity contribution in [3.63, 3.8) is 0 Å². The summed E-state index contributed by atoms with van der Waals surface area (Å²) in [7, 11) is 0. The van der Waals surface area contributed by atoms with Gasteiger partial charge in [-0.05, 0) is 12.1 Å². The lowest BCUT2D eigenvalue weighted by atomic mass is 10.0. The summed E-state index contributed by atoms with van der Waals surface area (Å²) >= 11 is 3.04. The summed E-state index contributed by atoms with van der Waals surface area (Å²) in [5.41, 5.74) is 8.62. The maximum absolute atomic E-state index is 14.3. The standard InChI is InChI=1S/C14H12FN3S2.C2H6/c15-7-5-17-6-10-11(7)12(13(16)19-10)14-18-8-3-1-2-4-9(8)20-14;1-2/h1-4,7,17H,5-6,16H2;1-2H3. The summed E-state index contributed by atoms with van der Waals surface area (Å²) < 4.78 is 15.4. The highest BCUT2D eigenvalue weighted by Crippen LogP contribution is 2.46. The molecule has 6 heteroatoms. The van der Waals surface area contributed by atoms with E-state index < -0.39 is 6.17 Å². The number of nitrogens with one attached hydrogen (secondary N) is 1. The maximum atomic E-state index is 14.3. The van der Waals surface area contributed by atoms with E-state index >= 15 is 0 Å². The molecule has 1 aliphatic rings. The lowest BCUT2D eigenvalue weighted by Gasteiger charge is -2.17. The van der Waals surface area contributed by atoms with Crippen molar-refractivity contribution in [1.82, 2.24) is 10.3 Å². The number of halogens is 1. The molecular weight excluding hydrogens is 317 g/mol. The molecule has 1 aliphatic heterocycles. The van der Waals surface area contributed by atoms with Gasteiger partial charge in [-0.3, -0.25) is 0 Å². The molecule has 2 aromatic heterocycles. The fraction of sp³-hybridized carbons (Fsp3) is 0.312. The third-order valence-corrected chi connectivity index (χ3v) is 5.57. The highest BCUT2D eigenvalue weighted by Gasteiger charge is 2.29. The summed E-state index contributed by atoms with van der Waals surface area (Å²) in [6.07, 6.45) is -1.01. The van der Waals surface area contributed by atoms with Gasteiger partial charge in [-0.15, -0.1) is 22.7 Å². The number of benzene rings is 1. The van der Waals surface area contributed by atoms with Crippen molar-refractivity contribution in [2.75, 3.05) is 12.3 Å². The lowest BCUT2D eigenvalue weighted by Crippen LogP contribution is -2.24. The molecule has 0 bridgehead atoms. The fourth-order valence-corrected chi connectivity index (χ4v) is 4.78. The minimum absolute atomic E-state index is 0.348. The number of rotatable bonds is 1. The predicted octanol–water partition coefficient (Wildman–Crippen LogP) is 4.75. The molecule has 0 saturated carbocycles. The Morgan fingerprint density at radius 1 is 1.27 bits per heavy atom. The molecule has 22 heavy (non-hydrogen) atoms. The van der Waals surface area contributed by atoms with E-state index in [1.807, 2.05) is 38.1 Å². The molecule has 1 aromatic carbocycles. The Hall–Kier alpha value is -1.50. The predicted molar refractivity (Wildman–Crippen MR) is 94.2 cm³/mol. The summed E-state index contributed by atoms with van der Waals surface area (Å²) in [4.78, 5) is 5.61. The van der Waals surface area contributed by atoms with E-state index in [-0.39, 0.29) is 0 Å². The number of nitrogens with two attached hydrogens (primary N) is 1. The van der Waals surface area contributed by atoms with Crippen LogP contribution in [-0.4, -0.2) is 11.5 Å². The monoisotopic (exact) mass is 335 g/mol. The second kappa shape index (κ2) is 6.32. The molecule has 3 N–H and O–H groups in total. The number of thiophene rings is 1. The third-order valence-electron chi connectivity index (χ3n) is 3.48. The molecule has 0 saturated heterocycles. The van der Waals surface area contributed by atoms with Crippen LogP contribution in [0.15, 0.2) is 24.3 Å². The van der Waals surface area contributed by atoms with Crippen LogP contribution in [0.4, 0.5) is 9.39 Å². The quantitative estimate of drug-likeness (QED) is 0.675. The number of nitrogens with zero attached hydrogens (tertiary/aromatic N) is 1. The van der Waals surface area contributed by atoms with Crippen molar-refractivity contribution >= 4 is 37.9 Å².